The Morgan fingerprint density at radius 2 is 1.63 bits per heavy atom. The van der Waals surface area contributed by atoms with Crippen molar-refractivity contribution in [3.05, 3.63) is 64.7 Å². The maximum atomic E-state index is 14.3. The van der Waals surface area contributed by atoms with Gasteiger partial charge in [-0.25, -0.2) is 9.07 Å². The second-order valence-corrected chi connectivity index (χ2v) is 6.21. The summed E-state index contributed by atoms with van der Waals surface area (Å²) >= 11 is 0. The molecule has 1 aromatic heterocycles. The summed E-state index contributed by atoms with van der Waals surface area (Å²) in [5.41, 5.74) is 0.334. The van der Waals surface area contributed by atoms with Gasteiger partial charge >= 0.3 is 0 Å². The molecule has 8 nitrogen and oxygen atoms in total. The molecule has 0 aliphatic rings. The van der Waals surface area contributed by atoms with Gasteiger partial charge in [0, 0.05) is 41.6 Å². The SMILES string of the molecule is COc1cc(NC(=O)Cn2nc(-c3ccc(OC)cc3F)ccc2=O)cc(OC)c1. The molecule has 0 bridgehead atoms. The van der Waals surface area contributed by atoms with E-state index in [0.29, 0.717) is 22.9 Å². The second kappa shape index (κ2) is 9.08. The fourth-order valence-corrected chi connectivity index (χ4v) is 2.75. The van der Waals surface area contributed by atoms with E-state index in [2.05, 4.69) is 10.4 Å². The van der Waals surface area contributed by atoms with E-state index >= 15 is 0 Å². The summed E-state index contributed by atoms with van der Waals surface area (Å²) in [6.07, 6.45) is 0. The fraction of sp³-hybridized carbons (Fsp3) is 0.190. The number of anilines is 1. The number of nitrogens with one attached hydrogen (secondary N) is 1. The van der Waals surface area contributed by atoms with Crippen molar-refractivity contribution in [3.8, 4) is 28.5 Å². The molecule has 0 radical (unpaired) electrons. The van der Waals surface area contributed by atoms with Crippen LogP contribution in [0.3, 0.4) is 0 Å². The molecule has 156 valence electrons. The number of amides is 1. The topological polar surface area (TPSA) is 91.7 Å². The smallest absolute Gasteiger partial charge is 0.267 e. The summed E-state index contributed by atoms with van der Waals surface area (Å²) in [5.74, 6) is 0.304. The molecule has 1 N–H and O–H groups in total. The van der Waals surface area contributed by atoms with Crippen LogP contribution < -0.4 is 25.1 Å². The van der Waals surface area contributed by atoms with Gasteiger partial charge in [0.1, 0.15) is 29.6 Å². The molecule has 0 unspecified atom stereocenters. The van der Waals surface area contributed by atoms with Crippen molar-refractivity contribution in [1.29, 1.82) is 0 Å². The maximum Gasteiger partial charge on any atom is 0.267 e. The highest BCUT2D eigenvalue weighted by Gasteiger charge is 2.13. The van der Waals surface area contributed by atoms with Crippen LogP contribution in [-0.4, -0.2) is 37.0 Å². The van der Waals surface area contributed by atoms with Crippen molar-refractivity contribution < 1.29 is 23.4 Å². The summed E-state index contributed by atoms with van der Waals surface area (Å²) in [4.78, 5) is 24.6. The Morgan fingerprint density at radius 1 is 0.967 bits per heavy atom. The number of benzene rings is 2. The first-order valence-corrected chi connectivity index (χ1v) is 8.88. The molecule has 0 spiro atoms. The minimum atomic E-state index is -0.556. The highest BCUT2D eigenvalue weighted by Crippen LogP contribution is 2.26. The molecule has 1 amide bonds. The van der Waals surface area contributed by atoms with E-state index < -0.39 is 17.3 Å². The van der Waals surface area contributed by atoms with Crippen LogP contribution in [0.4, 0.5) is 10.1 Å². The molecule has 0 aliphatic carbocycles. The van der Waals surface area contributed by atoms with Gasteiger partial charge in [-0.2, -0.15) is 5.10 Å². The summed E-state index contributed by atoms with van der Waals surface area (Å²) < 4.78 is 30.6. The number of methoxy groups -OCH3 is 3. The van der Waals surface area contributed by atoms with Crippen molar-refractivity contribution in [2.75, 3.05) is 26.6 Å². The summed E-state index contributed by atoms with van der Waals surface area (Å²) in [6, 6.07) is 11.8. The van der Waals surface area contributed by atoms with E-state index in [1.54, 1.807) is 24.3 Å². The van der Waals surface area contributed by atoms with Gasteiger partial charge in [-0.1, -0.05) is 0 Å². The van der Waals surface area contributed by atoms with Gasteiger partial charge in [-0.15, -0.1) is 0 Å². The Bertz CT molecular complexity index is 1110. The second-order valence-electron chi connectivity index (χ2n) is 6.21. The van der Waals surface area contributed by atoms with E-state index in [0.717, 1.165) is 4.68 Å². The Hall–Kier alpha value is -3.88. The van der Waals surface area contributed by atoms with Crippen LogP contribution >= 0.6 is 0 Å². The Morgan fingerprint density at radius 3 is 2.23 bits per heavy atom. The number of halogens is 1. The first kappa shape index (κ1) is 20.8. The molecular formula is C21H20FN3O5. The standard InChI is InChI=1S/C21H20FN3O5/c1-28-14-4-5-17(18(22)11-14)19-6-7-21(27)25(24-19)12-20(26)23-13-8-15(29-2)10-16(9-13)30-3/h4-11H,12H2,1-3H3,(H,23,26). The predicted molar refractivity (Wildman–Crippen MR) is 109 cm³/mol. The number of hydrogen-bond acceptors (Lipinski definition) is 6. The number of carbonyl (C=O) groups excluding carboxylic acids is 1. The van der Waals surface area contributed by atoms with Crippen LogP contribution in [0.5, 0.6) is 17.2 Å². The van der Waals surface area contributed by atoms with Crippen molar-refractivity contribution in [3.63, 3.8) is 0 Å². The molecule has 2 aromatic carbocycles. The molecule has 1 heterocycles. The molecule has 0 saturated carbocycles. The third-order valence-corrected chi connectivity index (χ3v) is 4.25. The predicted octanol–water partition coefficient (Wildman–Crippen LogP) is 2.71. The van der Waals surface area contributed by atoms with Crippen molar-refractivity contribution in [1.82, 2.24) is 9.78 Å². The van der Waals surface area contributed by atoms with Gasteiger partial charge in [-0.05, 0) is 18.2 Å². The lowest BCUT2D eigenvalue weighted by atomic mass is 10.1. The highest BCUT2D eigenvalue weighted by atomic mass is 19.1. The van der Waals surface area contributed by atoms with Gasteiger partial charge < -0.3 is 19.5 Å². The summed E-state index contributed by atoms with van der Waals surface area (Å²) in [7, 11) is 4.42. The average Bonchev–Trinajstić information content (AvgIpc) is 2.74. The lowest BCUT2D eigenvalue weighted by Crippen LogP contribution is -2.29. The van der Waals surface area contributed by atoms with Crippen LogP contribution in [0.1, 0.15) is 0 Å². The largest absolute Gasteiger partial charge is 0.497 e. The van der Waals surface area contributed by atoms with Gasteiger partial charge in [0.05, 0.1) is 27.0 Å². The lowest BCUT2D eigenvalue weighted by molar-refractivity contribution is -0.117. The van der Waals surface area contributed by atoms with Crippen molar-refractivity contribution in [2.24, 2.45) is 0 Å². The molecule has 3 aromatic rings. The maximum absolute atomic E-state index is 14.3. The normalized spacial score (nSPS) is 10.4. The molecule has 0 atom stereocenters. The third kappa shape index (κ3) is 4.75. The van der Waals surface area contributed by atoms with E-state index in [9.17, 15) is 14.0 Å². The first-order valence-electron chi connectivity index (χ1n) is 8.88. The number of ether oxygens (including phenoxy) is 3. The van der Waals surface area contributed by atoms with Gasteiger partial charge in [0.2, 0.25) is 5.91 Å². The number of nitrogens with zero attached hydrogens (tertiary/aromatic N) is 2. The zero-order valence-corrected chi connectivity index (χ0v) is 16.6. The number of rotatable bonds is 7. The van der Waals surface area contributed by atoms with Gasteiger partial charge in [0.15, 0.2) is 0 Å². The van der Waals surface area contributed by atoms with E-state index in [4.69, 9.17) is 14.2 Å². The Labute approximate surface area is 171 Å². The zero-order valence-electron chi connectivity index (χ0n) is 16.6. The molecule has 0 aliphatic heterocycles. The highest BCUT2D eigenvalue weighted by molar-refractivity contribution is 5.91. The van der Waals surface area contributed by atoms with Gasteiger partial charge in [0.25, 0.3) is 5.56 Å². The number of carbonyl (C=O) groups is 1. The minimum Gasteiger partial charge on any atom is -0.497 e. The van der Waals surface area contributed by atoms with Crippen LogP contribution in [0.15, 0.2) is 53.3 Å². The summed E-state index contributed by atoms with van der Waals surface area (Å²) in [6.45, 7) is -0.357. The molecule has 9 heteroatoms. The lowest BCUT2D eigenvalue weighted by Gasteiger charge is -2.11. The third-order valence-electron chi connectivity index (χ3n) is 4.25. The van der Waals surface area contributed by atoms with Crippen molar-refractivity contribution >= 4 is 11.6 Å². The number of hydrogen-bond donors (Lipinski definition) is 1. The molecule has 0 fully saturated rings. The molecule has 3 rings (SSSR count). The monoisotopic (exact) mass is 413 g/mol. The van der Waals surface area contributed by atoms with E-state index in [-0.39, 0.29) is 17.8 Å². The molecule has 0 saturated heterocycles. The van der Waals surface area contributed by atoms with E-state index in [1.165, 1.54) is 45.6 Å². The fourth-order valence-electron chi connectivity index (χ4n) is 2.75. The first-order chi connectivity index (χ1) is 14.4. The molecular weight excluding hydrogens is 393 g/mol. The van der Waals surface area contributed by atoms with Crippen LogP contribution in [0, 0.1) is 5.82 Å². The van der Waals surface area contributed by atoms with E-state index in [1.807, 2.05) is 0 Å². The van der Waals surface area contributed by atoms with Crippen LogP contribution in [-0.2, 0) is 11.3 Å². The van der Waals surface area contributed by atoms with Crippen LogP contribution in [0.25, 0.3) is 11.3 Å². The zero-order chi connectivity index (χ0) is 21.7. The minimum absolute atomic E-state index is 0.183. The molecule has 30 heavy (non-hydrogen) atoms. The number of aromatic nitrogens is 2. The van der Waals surface area contributed by atoms with Gasteiger partial charge in [-0.3, -0.25) is 9.59 Å². The Balaban J connectivity index is 1.82. The summed E-state index contributed by atoms with van der Waals surface area (Å²) in [5, 5.41) is 6.78. The Kier molecular flexibility index (Phi) is 6.31. The van der Waals surface area contributed by atoms with Crippen LogP contribution in [0.2, 0.25) is 0 Å². The van der Waals surface area contributed by atoms with Crippen molar-refractivity contribution in [2.45, 2.75) is 6.54 Å². The quantitative estimate of drug-likeness (QED) is 0.640. The average molecular weight is 413 g/mol.